The van der Waals surface area contributed by atoms with Gasteiger partial charge in [0, 0.05) is 0 Å². The predicted octanol–water partition coefficient (Wildman–Crippen LogP) is 3.94. The van der Waals surface area contributed by atoms with Crippen molar-refractivity contribution in [3.63, 3.8) is 0 Å². The number of unbranched alkanes of at least 4 members (excludes halogenated alkanes) is 2. The Balaban J connectivity index is 4.21. The highest BCUT2D eigenvalue weighted by Gasteiger charge is 2.32. The van der Waals surface area contributed by atoms with E-state index in [1.165, 1.54) is 0 Å². The van der Waals surface area contributed by atoms with Crippen LogP contribution in [0.4, 0.5) is 0 Å². The standard InChI is InChI=1S/C15H28O4/c1-5-6-10-15(4,13(18)19)11-8-7-9-14(2,3)12(16)17/h5-11H2,1-4H3,(H,16,17)(H,18,19). The fourth-order valence-electron chi connectivity index (χ4n) is 2.09. The molecule has 2 N–H and O–H groups in total. The summed E-state index contributed by atoms with van der Waals surface area (Å²) in [5.41, 5.74) is -1.38. The molecule has 0 aliphatic carbocycles. The quantitative estimate of drug-likeness (QED) is 0.591. The van der Waals surface area contributed by atoms with E-state index in [0.717, 1.165) is 25.7 Å². The second-order valence-electron chi connectivity index (χ2n) is 6.37. The summed E-state index contributed by atoms with van der Waals surface area (Å²) >= 11 is 0. The van der Waals surface area contributed by atoms with E-state index in [2.05, 4.69) is 6.92 Å². The van der Waals surface area contributed by atoms with Crippen molar-refractivity contribution in [1.82, 2.24) is 0 Å². The minimum Gasteiger partial charge on any atom is -0.481 e. The average Bonchev–Trinajstić information content (AvgIpc) is 2.31. The first-order valence-electron chi connectivity index (χ1n) is 7.12. The number of hydrogen-bond acceptors (Lipinski definition) is 2. The van der Waals surface area contributed by atoms with Gasteiger partial charge in [0.2, 0.25) is 0 Å². The van der Waals surface area contributed by atoms with E-state index in [1.54, 1.807) is 20.8 Å². The highest BCUT2D eigenvalue weighted by molar-refractivity contribution is 5.74. The van der Waals surface area contributed by atoms with E-state index in [1.807, 2.05) is 0 Å². The predicted molar refractivity (Wildman–Crippen MR) is 75.2 cm³/mol. The van der Waals surface area contributed by atoms with E-state index >= 15 is 0 Å². The first kappa shape index (κ1) is 17.9. The number of carbonyl (C=O) groups is 2. The zero-order valence-electron chi connectivity index (χ0n) is 12.7. The summed E-state index contributed by atoms with van der Waals surface area (Å²) < 4.78 is 0. The number of hydrogen-bond donors (Lipinski definition) is 2. The van der Waals surface area contributed by atoms with Crippen LogP contribution in [0.2, 0.25) is 0 Å². The molecular formula is C15H28O4. The molecule has 0 heterocycles. The monoisotopic (exact) mass is 272 g/mol. The second-order valence-corrected chi connectivity index (χ2v) is 6.37. The molecule has 1 atom stereocenters. The van der Waals surface area contributed by atoms with Gasteiger partial charge in [0.1, 0.15) is 0 Å². The fourth-order valence-corrected chi connectivity index (χ4v) is 2.09. The van der Waals surface area contributed by atoms with Crippen molar-refractivity contribution in [3.05, 3.63) is 0 Å². The Bertz CT molecular complexity index is 309. The molecule has 0 spiro atoms. The molecule has 19 heavy (non-hydrogen) atoms. The van der Waals surface area contributed by atoms with Gasteiger partial charge in [0.05, 0.1) is 10.8 Å². The van der Waals surface area contributed by atoms with Gasteiger partial charge >= 0.3 is 11.9 Å². The van der Waals surface area contributed by atoms with E-state index in [-0.39, 0.29) is 0 Å². The van der Waals surface area contributed by atoms with Crippen molar-refractivity contribution in [1.29, 1.82) is 0 Å². The van der Waals surface area contributed by atoms with Crippen LogP contribution < -0.4 is 0 Å². The molecule has 0 aliphatic heterocycles. The summed E-state index contributed by atoms with van der Waals surface area (Å²) in [4.78, 5) is 22.3. The van der Waals surface area contributed by atoms with Crippen molar-refractivity contribution in [2.45, 2.75) is 72.6 Å². The van der Waals surface area contributed by atoms with E-state index in [0.29, 0.717) is 19.3 Å². The summed E-state index contributed by atoms with van der Waals surface area (Å²) in [6, 6.07) is 0. The van der Waals surface area contributed by atoms with Crippen LogP contribution in [-0.4, -0.2) is 22.2 Å². The molecule has 0 aliphatic rings. The molecule has 112 valence electrons. The number of rotatable bonds is 10. The third-order valence-corrected chi connectivity index (χ3v) is 3.96. The van der Waals surface area contributed by atoms with Crippen molar-refractivity contribution in [2.75, 3.05) is 0 Å². The van der Waals surface area contributed by atoms with Gasteiger partial charge in [0.25, 0.3) is 0 Å². The Morgan fingerprint density at radius 3 is 1.74 bits per heavy atom. The zero-order valence-corrected chi connectivity index (χ0v) is 12.7. The van der Waals surface area contributed by atoms with Gasteiger partial charge in [-0.15, -0.1) is 0 Å². The Morgan fingerprint density at radius 2 is 1.32 bits per heavy atom. The van der Waals surface area contributed by atoms with Crippen LogP contribution in [0.1, 0.15) is 72.6 Å². The van der Waals surface area contributed by atoms with Gasteiger partial charge < -0.3 is 10.2 Å². The molecule has 1 unspecified atom stereocenters. The summed E-state index contributed by atoms with van der Waals surface area (Å²) in [7, 11) is 0. The van der Waals surface area contributed by atoms with Gasteiger partial charge in [-0.05, 0) is 40.0 Å². The topological polar surface area (TPSA) is 74.6 Å². The molecule has 0 amide bonds. The van der Waals surface area contributed by atoms with Crippen molar-refractivity contribution in [2.24, 2.45) is 10.8 Å². The van der Waals surface area contributed by atoms with Crippen LogP contribution >= 0.6 is 0 Å². The van der Waals surface area contributed by atoms with Crippen molar-refractivity contribution < 1.29 is 19.8 Å². The summed E-state index contributed by atoms with van der Waals surface area (Å²) in [5.74, 6) is -1.53. The normalized spacial score (nSPS) is 14.9. The Labute approximate surface area is 116 Å². The van der Waals surface area contributed by atoms with Crippen LogP contribution in [0.15, 0.2) is 0 Å². The molecule has 0 aromatic carbocycles. The fraction of sp³-hybridized carbons (Fsp3) is 0.867. The lowest BCUT2D eigenvalue weighted by Crippen LogP contribution is -2.28. The van der Waals surface area contributed by atoms with Crippen LogP contribution in [0.25, 0.3) is 0 Å². The minimum atomic E-state index is -0.792. The number of aliphatic carboxylic acids is 2. The molecule has 0 radical (unpaired) electrons. The maximum Gasteiger partial charge on any atom is 0.309 e. The van der Waals surface area contributed by atoms with Crippen molar-refractivity contribution in [3.8, 4) is 0 Å². The van der Waals surface area contributed by atoms with E-state index in [4.69, 9.17) is 5.11 Å². The molecule has 4 heteroatoms. The summed E-state index contributed by atoms with van der Waals surface area (Å²) in [6.45, 7) is 7.27. The molecular weight excluding hydrogens is 244 g/mol. The molecule has 0 saturated carbocycles. The molecule has 0 aromatic rings. The lowest BCUT2D eigenvalue weighted by molar-refractivity contribution is -0.150. The largest absolute Gasteiger partial charge is 0.481 e. The highest BCUT2D eigenvalue weighted by atomic mass is 16.4. The van der Waals surface area contributed by atoms with E-state index < -0.39 is 22.8 Å². The SMILES string of the molecule is CCCCC(C)(CCCCC(C)(C)C(=O)O)C(=O)O. The first-order valence-corrected chi connectivity index (χ1v) is 7.12. The van der Waals surface area contributed by atoms with Crippen molar-refractivity contribution >= 4 is 11.9 Å². The number of carboxylic acids is 2. The molecule has 0 aromatic heterocycles. The van der Waals surface area contributed by atoms with Crippen LogP contribution in [0.5, 0.6) is 0 Å². The Hall–Kier alpha value is -1.06. The second kappa shape index (κ2) is 7.51. The Morgan fingerprint density at radius 1 is 0.842 bits per heavy atom. The lowest BCUT2D eigenvalue weighted by Gasteiger charge is -2.25. The van der Waals surface area contributed by atoms with Gasteiger partial charge in [0.15, 0.2) is 0 Å². The smallest absolute Gasteiger partial charge is 0.309 e. The van der Waals surface area contributed by atoms with Crippen LogP contribution in [0.3, 0.4) is 0 Å². The summed E-state index contributed by atoms with van der Waals surface area (Å²) in [6.07, 6.45) is 5.35. The van der Waals surface area contributed by atoms with Crippen LogP contribution in [0, 0.1) is 10.8 Å². The van der Waals surface area contributed by atoms with E-state index in [9.17, 15) is 14.7 Å². The van der Waals surface area contributed by atoms with Crippen LogP contribution in [-0.2, 0) is 9.59 Å². The molecule has 0 bridgehead atoms. The first-order chi connectivity index (χ1) is 8.65. The average molecular weight is 272 g/mol. The molecule has 0 saturated heterocycles. The third kappa shape index (κ3) is 6.08. The highest BCUT2D eigenvalue weighted by Crippen LogP contribution is 2.32. The number of carboxylic acid groups (broad SMARTS) is 2. The summed E-state index contributed by atoms with van der Waals surface area (Å²) in [5, 5.41) is 18.3. The molecule has 0 fully saturated rings. The van der Waals surface area contributed by atoms with Gasteiger partial charge in [-0.1, -0.05) is 32.6 Å². The lowest BCUT2D eigenvalue weighted by atomic mass is 9.79. The third-order valence-electron chi connectivity index (χ3n) is 3.96. The molecule has 4 nitrogen and oxygen atoms in total. The van der Waals surface area contributed by atoms with Gasteiger partial charge in [-0.3, -0.25) is 9.59 Å². The maximum absolute atomic E-state index is 11.3. The Kier molecular flexibility index (Phi) is 7.09. The zero-order chi connectivity index (χ0) is 15.1. The van der Waals surface area contributed by atoms with Gasteiger partial charge in [-0.25, -0.2) is 0 Å². The maximum atomic E-state index is 11.3. The van der Waals surface area contributed by atoms with Gasteiger partial charge in [-0.2, -0.15) is 0 Å². The molecule has 0 rings (SSSR count). The minimum absolute atomic E-state index is 0.589.